The van der Waals surface area contributed by atoms with Gasteiger partial charge >= 0.3 is 0 Å². The van der Waals surface area contributed by atoms with Crippen LogP contribution in [0.2, 0.25) is 0 Å². The van der Waals surface area contributed by atoms with Gasteiger partial charge in [-0.15, -0.1) is 0 Å². The molecule has 3 rings (SSSR count). The summed E-state index contributed by atoms with van der Waals surface area (Å²) >= 11 is 0. The molecular formula is C31H48N4P+3. The number of hydrogen-bond donors (Lipinski definition) is 3. The van der Waals surface area contributed by atoms with Crippen molar-refractivity contribution < 1.29 is 16.0 Å². The summed E-state index contributed by atoms with van der Waals surface area (Å²) in [5.74, 6) is 0. The molecule has 3 atom stereocenters. The molecule has 3 aromatic carbocycles. The Morgan fingerprint density at radius 2 is 1.17 bits per heavy atom. The minimum Gasteiger partial charge on any atom is -0.346 e. The largest absolute Gasteiger partial charge is 0.346 e. The molecule has 0 aliphatic carbocycles. The van der Waals surface area contributed by atoms with E-state index < -0.39 is 7.92 Å². The molecule has 6 N–H and O–H groups in total. The predicted octanol–water partition coefficient (Wildman–Crippen LogP) is 0.752. The maximum absolute atomic E-state index is 2.60. The molecule has 0 saturated heterocycles. The zero-order chi connectivity index (χ0) is 25.8. The molecule has 3 aromatic rings. The molecule has 0 aliphatic rings. The summed E-state index contributed by atoms with van der Waals surface area (Å²) < 4.78 is 0. The van der Waals surface area contributed by atoms with Crippen molar-refractivity contribution in [3.8, 4) is 0 Å². The van der Waals surface area contributed by atoms with Gasteiger partial charge in [0.05, 0.1) is 45.6 Å². The number of quaternary nitrogens is 3. The van der Waals surface area contributed by atoms with Crippen molar-refractivity contribution in [2.75, 3.05) is 34.7 Å². The second kappa shape index (κ2) is 15.2. The third-order valence-corrected chi connectivity index (χ3v) is 9.63. The Bertz CT molecular complexity index is 935. The summed E-state index contributed by atoms with van der Waals surface area (Å²) in [6, 6.07) is 33.4. The molecule has 3 unspecified atom stereocenters. The predicted molar refractivity (Wildman–Crippen MR) is 156 cm³/mol. The molecule has 0 amide bonds. The zero-order valence-corrected chi connectivity index (χ0v) is 23.9. The van der Waals surface area contributed by atoms with Crippen LogP contribution in [0.3, 0.4) is 0 Å². The van der Waals surface area contributed by atoms with Crippen LogP contribution in [0.25, 0.3) is 0 Å². The van der Waals surface area contributed by atoms with Gasteiger partial charge in [-0.2, -0.15) is 0 Å². The Morgan fingerprint density at radius 3 is 1.64 bits per heavy atom. The summed E-state index contributed by atoms with van der Waals surface area (Å²) in [5, 5.41) is 11.6. The normalized spacial score (nSPS) is 14.2. The Labute approximate surface area is 220 Å². The number of benzene rings is 3. The maximum Gasteiger partial charge on any atom is 0.104 e. The monoisotopic (exact) mass is 507 g/mol. The SMILES string of the molecule is CCC(CC(CC(CN(C)C)[NH2+]C)[NH2+]Cc1ccc(P(c2ccccc2)c2ccccc2)cc1)[NH2+]C. The van der Waals surface area contributed by atoms with Gasteiger partial charge in [0.25, 0.3) is 0 Å². The number of rotatable bonds is 15. The fourth-order valence-corrected chi connectivity index (χ4v) is 7.36. The highest BCUT2D eigenvalue weighted by Gasteiger charge is 2.25. The lowest BCUT2D eigenvalue weighted by Crippen LogP contribution is -2.95. The van der Waals surface area contributed by atoms with Crippen LogP contribution < -0.4 is 31.9 Å². The first-order chi connectivity index (χ1) is 17.5. The van der Waals surface area contributed by atoms with Crippen molar-refractivity contribution in [1.29, 1.82) is 0 Å². The van der Waals surface area contributed by atoms with Gasteiger partial charge in [-0.3, -0.25) is 0 Å². The fourth-order valence-electron chi connectivity index (χ4n) is 5.08. The van der Waals surface area contributed by atoms with Crippen LogP contribution in [-0.4, -0.2) is 57.8 Å². The molecule has 0 fully saturated rings. The van der Waals surface area contributed by atoms with Crippen molar-refractivity contribution in [2.45, 2.75) is 50.9 Å². The van der Waals surface area contributed by atoms with Crippen molar-refractivity contribution in [2.24, 2.45) is 0 Å². The number of hydrogen-bond acceptors (Lipinski definition) is 1. The average molecular weight is 508 g/mol. The first-order valence-electron chi connectivity index (χ1n) is 13.6. The van der Waals surface area contributed by atoms with Crippen LogP contribution in [0.1, 0.15) is 31.7 Å². The highest BCUT2D eigenvalue weighted by molar-refractivity contribution is 7.79. The van der Waals surface area contributed by atoms with E-state index in [0.717, 1.165) is 13.1 Å². The summed E-state index contributed by atoms with van der Waals surface area (Å²) in [7, 11) is 8.28. The molecule has 0 radical (unpaired) electrons. The molecule has 4 nitrogen and oxygen atoms in total. The molecule has 0 bridgehead atoms. The molecule has 0 saturated carbocycles. The summed E-state index contributed by atoms with van der Waals surface area (Å²) in [5.41, 5.74) is 1.41. The summed E-state index contributed by atoms with van der Waals surface area (Å²) in [6.07, 6.45) is 3.73. The van der Waals surface area contributed by atoms with Crippen molar-refractivity contribution >= 4 is 23.8 Å². The molecule has 0 spiro atoms. The van der Waals surface area contributed by atoms with Gasteiger partial charge in [-0.05, 0) is 44.4 Å². The molecule has 0 aromatic heterocycles. The van der Waals surface area contributed by atoms with Crippen LogP contribution in [0.4, 0.5) is 0 Å². The first-order valence-corrected chi connectivity index (χ1v) is 14.9. The van der Waals surface area contributed by atoms with Gasteiger partial charge in [0.1, 0.15) is 12.6 Å². The van der Waals surface area contributed by atoms with Crippen molar-refractivity contribution in [3.63, 3.8) is 0 Å². The highest BCUT2D eigenvalue weighted by atomic mass is 31.1. The van der Waals surface area contributed by atoms with Crippen LogP contribution in [-0.2, 0) is 6.54 Å². The molecule has 0 aliphatic heterocycles. The lowest BCUT2D eigenvalue weighted by atomic mass is 9.97. The van der Waals surface area contributed by atoms with Crippen molar-refractivity contribution in [1.82, 2.24) is 4.90 Å². The maximum atomic E-state index is 2.60. The summed E-state index contributed by atoms with van der Waals surface area (Å²) in [4.78, 5) is 2.32. The van der Waals surface area contributed by atoms with E-state index in [0.29, 0.717) is 18.1 Å². The van der Waals surface area contributed by atoms with Gasteiger partial charge in [-0.1, -0.05) is 91.9 Å². The van der Waals surface area contributed by atoms with Gasteiger partial charge in [0, 0.05) is 5.56 Å². The Morgan fingerprint density at radius 1 is 0.667 bits per heavy atom. The molecule has 5 heteroatoms. The molecule has 36 heavy (non-hydrogen) atoms. The van der Waals surface area contributed by atoms with Crippen molar-refractivity contribution in [3.05, 3.63) is 90.5 Å². The molecular weight excluding hydrogens is 459 g/mol. The van der Waals surface area contributed by atoms with Gasteiger partial charge in [-0.25, -0.2) is 0 Å². The van der Waals surface area contributed by atoms with E-state index >= 15 is 0 Å². The van der Waals surface area contributed by atoms with Gasteiger partial charge < -0.3 is 20.9 Å². The van der Waals surface area contributed by atoms with E-state index in [1.165, 1.54) is 40.7 Å². The Hall–Kier alpha value is -2.07. The number of likely N-dealkylation sites (N-methyl/N-ethyl adjacent to an activating group) is 2. The standard InChI is InChI=1S/C31H45N4P/c1-6-26(32-2)21-27(22-28(33-3)24-35(4)5)34-23-25-17-19-31(20-18-25)36(29-13-9-7-10-14-29)30-15-11-8-12-16-30/h7-20,26-28,32-34H,6,21-24H2,1-5H3/p+3. The Balaban J connectivity index is 1.73. The van der Waals surface area contributed by atoms with E-state index in [1.54, 1.807) is 0 Å². The zero-order valence-electron chi connectivity index (χ0n) is 23.0. The van der Waals surface area contributed by atoms with Crippen LogP contribution in [0, 0.1) is 0 Å². The second-order valence-corrected chi connectivity index (χ2v) is 12.4. The summed E-state index contributed by atoms with van der Waals surface area (Å²) in [6.45, 7) is 4.49. The highest BCUT2D eigenvalue weighted by Crippen LogP contribution is 2.32. The van der Waals surface area contributed by atoms with E-state index in [-0.39, 0.29) is 0 Å². The average Bonchev–Trinajstić information content (AvgIpc) is 2.91. The van der Waals surface area contributed by atoms with E-state index in [1.807, 2.05) is 0 Å². The molecule has 194 valence electrons. The van der Waals surface area contributed by atoms with E-state index in [2.05, 4.69) is 141 Å². The minimum absolute atomic E-state index is 0.542. The molecule has 0 heterocycles. The van der Waals surface area contributed by atoms with E-state index in [4.69, 9.17) is 0 Å². The quantitative estimate of drug-likeness (QED) is 0.261. The van der Waals surface area contributed by atoms with E-state index in [9.17, 15) is 0 Å². The smallest absolute Gasteiger partial charge is 0.104 e. The lowest BCUT2D eigenvalue weighted by molar-refractivity contribution is -0.733. The topological polar surface area (TPSA) is 53.1 Å². The van der Waals surface area contributed by atoms with Crippen LogP contribution in [0.5, 0.6) is 0 Å². The van der Waals surface area contributed by atoms with Gasteiger partial charge in [0.15, 0.2) is 0 Å². The second-order valence-electron chi connectivity index (χ2n) is 10.2. The van der Waals surface area contributed by atoms with Crippen LogP contribution >= 0.6 is 7.92 Å². The third kappa shape index (κ3) is 8.80. The Kier molecular flexibility index (Phi) is 12.1. The third-order valence-electron chi connectivity index (χ3n) is 7.19. The lowest BCUT2D eigenvalue weighted by Gasteiger charge is -2.24. The van der Waals surface area contributed by atoms with Gasteiger partial charge in [0.2, 0.25) is 0 Å². The fraction of sp³-hybridized carbons (Fsp3) is 0.419. The van der Waals surface area contributed by atoms with Crippen LogP contribution in [0.15, 0.2) is 84.9 Å². The minimum atomic E-state index is -0.542. The first kappa shape index (κ1) is 28.5. The number of nitrogens with two attached hydrogens (primary N) is 3. The number of nitrogens with zero attached hydrogens (tertiary/aromatic N) is 1.